The molecule has 4 heterocycles. The second kappa shape index (κ2) is 14.7. The number of anilines is 2. The third kappa shape index (κ3) is 6.76. The Bertz CT molecular complexity index is 2730. The van der Waals surface area contributed by atoms with Crippen LogP contribution >= 0.6 is 23.2 Å². The average Bonchev–Trinajstić information content (AvgIpc) is 3.60. The number of amides is 4. The molecule has 21 heteroatoms. The number of halogens is 11. The van der Waals surface area contributed by atoms with E-state index in [4.69, 9.17) is 27.9 Å². The molecule has 3 fully saturated rings. The Labute approximate surface area is 364 Å². The smallest absolute Gasteiger partial charge is 0.417 e. The Hall–Kier alpha value is -6.08. The summed E-state index contributed by atoms with van der Waals surface area (Å²) < 4.78 is 131. The molecule has 0 bridgehead atoms. The Balaban J connectivity index is 1.21. The molecule has 64 heavy (non-hydrogen) atoms. The van der Waals surface area contributed by atoms with Gasteiger partial charge in [0.2, 0.25) is 11.8 Å². The molecule has 0 radical (unpaired) electrons. The maximum absolute atomic E-state index is 15.4. The van der Waals surface area contributed by atoms with Crippen LogP contribution in [0.15, 0.2) is 96.4 Å². The first-order chi connectivity index (χ1) is 30.0. The lowest BCUT2D eigenvalue weighted by Gasteiger charge is -2.51. The van der Waals surface area contributed by atoms with Crippen LogP contribution in [0.1, 0.15) is 40.7 Å². The number of imide groups is 2. The summed E-state index contributed by atoms with van der Waals surface area (Å²) in [6.45, 7) is 0. The molecule has 6 atom stereocenters. The van der Waals surface area contributed by atoms with Crippen LogP contribution in [0.4, 0.5) is 51.0 Å². The molecule has 5 aliphatic rings. The zero-order chi connectivity index (χ0) is 46.0. The fraction of sp³-hybridized carbons (Fsp3) is 0.279. The number of pyridine rings is 1. The lowest BCUT2D eigenvalue weighted by atomic mass is 9.48. The van der Waals surface area contributed by atoms with Crippen LogP contribution in [-0.4, -0.2) is 38.7 Å². The van der Waals surface area contributed by atoms with Crippen LogP contribution in [0.5, 0.6) is 11.5 Å². The molecule has 4 aromatic rings. The number of hydrazine groups is 1. The highest BCUT2D eigenvalue weighted by molar-refractivity contribution is 6.33. The summed E-state index contributed by atoms with van der Waals surface area (Å²) in [6.07, 6.45) is -12.9. The highest BCUT2D eigenvalue weighted by Crippen LogP contribution is 2.64. The van der Waals surface area contributed by atoms with E-state index in [-0.39, 0.29) is 47.4 Å². The van der Waals surface area contributed by atoms with Gasteiger partial charge in [-0.3, -0.25) is 24.6 Å². The van der Waals surface area contributed by atoms with Gasteiger partial charge >= 0.3 is 18.5 Å². The maximum Gasteiger partial charge on any atom is 0.417 e. The monoisotopic (exact) mass is 936 g/mol. The van der Waals surface area contributed by atoms with Crippen molar-refractivity contribution in [3.05, 3.63) is 134 Å². The van der Waals surface area contributed by atoms with Gasteiger partial charge < -0.3 is 9.84 Å². The molecule has 10 nitrogen and oxygen atoms in total. The first kappa shape index (κ1) is 43.2. The van der Waals surface area contributed by atoms with Crippen molar-refractivity contribution >= 4 is 58.3 Å². The molecule has 332 valence electrons. The highest BCUT2D eigenvalue weighted by Gasteiger charge is 2.71. The van der Waals surface area contributed by atoms with Crippen molar-refractivity contribution in [2.24, 2.45) is 29.6 Å². The number of nitrogens with one attached hydrogen (secondary N) is 1. The zero-order valence-corrected chi connectivity index (χ0v) is 33.6. The SMILES string of the molecule is O=C1[C@@H]2C[C@@H]3C(=CC[C@@H]4C(=O)N(c5cc(C(F)(F)F)cc(C(F)(F)F)c5)C(=O)[C@@H]43)[C@H](C3=COc4ccc(O)cc4C3)[C@]2(c2ccc(Cl)cc2)C(=O)N1Nc1ncc(C(F)(F)F)cc1Cl. The predicted molar refractivity (Wildman–Crippen MR) is 207 cm³/mol. The Morgan fingerprint density at radius 2 is 1.44 bits per heavy atom. The number of hydrogen-bond acceptors (Lipinski definition) is 8. The molecule has 0 unspecified atom stereocenters. The number of fused-ring (bicyclic) bond motifs is 5. The number of phenols is 1. The summed E-state index contributed by atoms with van der Waals surface area (Å²) in [4.78, 5) is 63.2. The Kier molecular flexibility index (Phi) is 9.94. The molecule has 1 saturated carbocycles. The highest BCUT2D eigenvalue weighted by atomic mass is 35.5. The number of phenolic OH excluding ortho intramolecular Hbond substituents is 1. The first-order valence-electron chi connectivity index (χ1n) is 19.2. The molecule has 2 N–H and O–H groups in total. The fourth-order valence-electron chi connectivity index (χ4n) is 9.92. The van der Waals surface area contributed by atoms with Crippen LogP contribution in [0.25, 0.3) is 0 Å². The number of aromatic nitrogens is 1. The van der Waals surface area contributed by atoms with E-state index in [1.165, 1.54) is 48.7 Å². The van der Waals surface area contributed by atoms with E-state index < -0.39 is 117 Å². The van der Waals surface area contributed by atoms with Crippen LogP contribution in [-0.2, 0) is 49.5 Å². The van der Waals surface area contributed by atoms with Gasteiger partial charge in [-0.15, -0.1) is 0 Å². The molecule has 3 aliphatic heterocycles. The minimum Gasteiger partial charge on any atom is -0.508 e. The Morgan fingerprint density at radius 3 is 2.06 bits per heavy atom. The summed E-state index contributed by atoms with van der Waals surface area (Å²) >= 11 is 12.5. The van der Waals surface area contributed by atoms with Crippen molar-refractivity contribution < 1.29 is 68.5 Å². The number of ether oxygens (including phenoxy) is 1. The van der Waals surface area contributed by atoms with Gasteiger partial charge in [-0.05, 0) is 84.5 Å². The molecule has 1 aromatic heterocycles. The quantitative estimate of drug-likeness (QED) is 0.115. The number of carbonyl (C=O) groups excluding carboxylic acids is 4. The van der Waals surface area contributed by atoms with Gasteiger partial charge in [0, 0.05) is 29.1 Å². The maximum atomic E-state index is 15.4. The number of hydrogen-bond donors (Lipinski definition) is 2. The van der Waals surface area contributed by atoms with Gasteiger partial charge in [-0.2, -0.15) is 44.5 Å². The van der Waals surface area contributed by atoms with Crippen molar-refractivity contribution in [1.82, 2.24) is 9.99 Å². The van der Waals surface area contributed by atoms with Gasteiger partial charge in [-0.1, -0.05) is 47.0 Å². The summed E-state index contributed by atoms with van der Waals surface area (Å²) in [5, 5.41) is 10.6. The first-order valence-corrected chi connectivity index (χ1v) is 19.9. The molecule has 3 aromatic carbocycles. The molecule has 0 spiro atoms. The number of carbonyl (C=O) groups is 4. The standard InChI is InChI=1S/C43H27Cl2F9N4O6/c44-24-3-1-20(2-4-24)40-30(37(61)58(39(40)63)56-35-31(45)14-23(16-55-35)43(52,53)54)15-29-27(34(40)19-9-18-10-26(59)5-8-32(18)64-17-19)6-7-28-33(29)38(62)57(36(28)60)25-12-21(41(46,47)48)11-22(13-25)42(49,50)51/h1-6,8,10-14,16-17,28-30,33-34,59H,7,9,15H2,(H,55,56)/t28-,29+,30-,33-,34-,40+/m0/s1. The van der Waals surface area contributed by atoms with Crippen molar-refractivity contribution in [2.75, 3.05) is 10.3 Å². The van der Waals surface area contributed by atoms with Crippen molar-refractivity contribution in [2.45, 2.75) is 43.2 Å². The van der Waals surface area contributed by atoms with Crippen LogP contribution in [0, 0.1) is 29.6 Å². The van der Waals surface area contributed by atoms with Crippen LogP contribution in [0.3, 0.4) is 0 Å². The zero-order valence-electron chi connectivity index (χ0n) is 32.1. The topological polar surface area (TPSA) is 129 Å². The van der Waals surface area contributed by atoms with Crippen molar-refractivity contribution in [3.63, 3.8) is 0 Å². The van der Waals surface area contributed by atoms with Crippen molar-refractivity contribution in [3.8, 4) is 11.5 Å². The fourth-order valence-corrected chi connectivity index (χ4v) is 10.3. The number of aromatic hydroxyl groups is 1. The summed E-state index contributed by atoms with van der Waals surface area (Å²) in [5.74, 6) is -11.3. The van der Waals surface area contributed by atoms with E-state index in [1.54, 1.807) is 6.08 Å². The molecule has 4 amide bonds. The van der Waals surface area contributed by atoms with Crippen LogP contribution in [0.2, 0.25) is 10.0 Å². The van der Waals surface area contributed by atoms with E-state index in [2.05, 4.69) is 10.4 Å². The summed E-state index contributed by atoms with van der Waals surface area (Å²) in [6, 6.07) is 11.0. The molecular formula is C43H27Cl2F9N4O6. The van der Waals surface area contributed by atoms with E-state index in [1.807, 2.05) is 0 Å². The van der Waals surface area contributed by atoms with E-state index >= 15 is 4.79 Å². The van der Waals surface area contributed by atoms with E-state index in [0.717, 1.165) is 0 Å². The number of rotatable bonds is 5. The number of benzene rings is 3. The predicted octanol–water partition coefficient (Wildman–Crippen LogP) is 9.69. The van der Waals surface area contributed by atoms with Gasteiger partial charge in [0.25, 0.3) is 11.8 Å². The summed E-state index contributed by atoms with van der Waals surface area (Å²) in [5.41, 5.74) is -4.02. The second-order valence-electron chi connectivity index (χ2n) is 16.0. The minimum absolute atomic E-state index is 0.0424. The molecule has 9 rings (SSSR count). The average molecular weight is 938 g/mol. The third-order valence-corrected chi connectivity index (χ3v) is 13.1. The number of nitrogens with zero attached hydrogens (tertiary/aromatic N) is 3. The largest absolute Gasteiger partial charge is 0.508 e. The number of alkyl halides is 9. The van der Waals surface area contributed by atoms with Gasteiger partial charge in [0.05, 0.1) is 56.8 Å². The molecule has 2 aliphatic carbocycles. The number of allylic oxidation sites excluding steroid dienone is 3. The van der Waals surface area contributed by atoms with Gasteiger partial charge in [0.15, 0.2) is 5.82 Å². The third-order valence-electron chi connectivity index (χ3n) is 12.5. The van der Waals surface area contributed by atoms with Gasteiger partial charge in [0.1, 0.15) is 11.5 Å². The normalized spacial score (nSPS) is 25.6. The minimum atomic E-state index is -5.31. The van der Waals surface area contributed by atoms with E-state index in [0.29, 0.717) is 44.6 Å². The second-order valence-corrected chi connectivity index (χ2v) is 16.8. The van der Waals surface area contributed by atoms with Gasteiger partial charge in [-0.25, -0.2) is 9.88 Å². The Morgan fingerprint density at radius 1 is 0.781 bits per heavy atom. The molecular weight excluding hydrogens is 910 g/mol. The van der Waals surface area contributed by atoms with E-state index in [9.17, 15) is 59.0 Å². The lowest BCUT2D eigenvalue weighted by Crippen LogP contribution is -2.55. The van der Waals surface area contributed by atoms with Crippen LogP contribution < -0.4 is 15.1 Å². The molecule has 2 saturated heterocycles. The summed E-state index contributed by atoms with van der Waals surface area (Å²) in [7, 11) is 0. The van der Waals surface area contributed by atoms with Crippen molar-refractivity contribution in [1.29, 1.82) is 0 Å². The lowest BCUT2D eigenvalue weighted by molar-refractivity contribution is -0.143.